The molecule has 0 saturated heterocycles. The van der Waals surface area contributed by atoms with Crippen molar-refractivity contribution in [2.75, 3.05) is 12.3 Å². The van der Waals surface area contributed by atoms with E-state index in [0.717, 1.165) is 0 Å². The first-order chi connectivity index (χ1) is 9.40. The minimum atomic E-state index is -3.70. The third-order valence-electron chi connectivity index (χ3n) is 2.41. The normalized spacial score (nSPS) is 11.7. The van der Waals surface area contributed by atoms with Gasteiger partial charge in [-0.3, -0.25) is 4.68 Å². The Kier molecular flexibility index (Phi) is 4.78. The fraction of sp³-hybridized carbons (Fsp3) is 0.200. The lowest BCUT2D eigenvalue weighted by atomic mass is 10.3. The average molecular weight is 425 g/mol. The zero-order valence-electron chi connectivity index (χ0n) is 10.1. The van der Waals surface area contributed by atoms with Crippen LogP contribution in [0.15, 0.2) is 38.4 Å². The van der Waals surface area contributed by atoms with Gasteiger partial charge in [-0.1, -0.05) is 21.1 Å². The summed E-state index contributed by atoms with van der Waals surface area (Å²) in [6.45, 7) is 0.570. The molecule has 0 unspecified atom stereocenters. The number of nitrogens with two attached hydrogens (primary N) is 1. The largest absolute Gasteiger partial charge is 0.398 e. The van der Waals surface area contributed by atoms with Gasteiger partial charge in [-0.05, 0) is 28.1 Å². The fourth-order valence-corrected chi connectivity index (χ4v) is 4.67. The van der Waals surface area contributed by atoms with E-state index in [9.17, 15) is 8.42 Å². The van der Waals surface area contributed by atoms with Gasteiger partial charge < -0.3 is 5.73 Å². The summed E-state index contributed by atoms with van der Waals surface area (Å²) in [7, 11) is -3.70. The number of rotatable bonds is 5. The molecule has 0 atom stereocenters. The monoisotopic (exact) mass is 423 g/mol. The summed E-state index contributed by atoms with van der Waals surface area (Å²) in [5, 5.41) is 7.38. The third-order valence-corrected chi connectivity index (χ3v) is 5.33. The van der Waals surface area contributed by atoms with Crippen molar-refractivity contribution in [2.45, 2.75) is 11.4 Å². The highest BCUT2D eigenvalue weighted by molar-refractivity contribution is 9.11. The molecular formula is C10H11Br2N5O2S. The van der Waals surface area contributed by atoms with Gasteiger partial charge in [0.15, 0.2) is 0 Å². The van der Waals surface area contributed by atoms with Crippen LogP contribution < -0.4 is 10.5 Å². The Morgan fingerprint density at radius 2 is 2.10 bits per heavy atom. The van der Waals surface area contributed by atoms with Gasteiger partial charge in [-0.25, -0.2) is 13.1 Å². The number of nitrogens with one attached hydrogen (secondary N) is 1. The van der Waals surface area contributed by atoms with Crippen molar-refractivity contribution in [2.24, 2.45) is 0 Å². The maximum absolute atomic E-state index is 12.2. The van der Waals surface area contributed by atoms with E-state index in [2.05, 4.69) is 46.9 Å². The Morgan fingerprint density at radius 1 is 1.35 bits per heavy atom. The van der Waals surface area contributed by atoms with Crippen LogP contribution in [0.1, 0.15) is 0 Å². The Labute approximate surface area is 132 Å². The predicted octanol–water partition coefficient (Wildman–Crippen LogP) is 1.36. The minimum absolute atomic E-state index is 0.0271. The molecule has 0 fully saturated rings. The summed E-state index contributed by atoms with van der Waals surface area (Å²) < 4.78 is 29.6. The van der Waals surface area contributed by atoms with Gasteiger partial charge in [0.25, 0.3) is 0 Å². The molecule has 2 rings (SSSR count). The van der Waals surface area contributed by atoms with Crippen molar-refractivity contribution in [3.05, 3.63) is 33.5 Å². The van der Waals surface area contributed by atoms with Crippen molar-refractivity contribution in [3.8, 4) is 0 Å². The quantitative estimate of drug-likeness (QED) is 0.705. The van der Waals surface area contributed by atoms with Crippen LogP contribution >= 0.6 is 31.9 Å². The molecule has 108 valence electrons. The van der Waals surface area contributed by atoms with E-state index in [1.165, 1.54) is 16.9 Å². The van der Waals surface area contributed by atoms with Gasteiger partial charge >= 0.3 is 0 Å². The highest BCUT2D eigenvalue weighted by Crippen LogP contribution is 2.31. The van der Waals surface area contributed by atoms with Gasteiger partial charge in [-0.2, -0.15) is 0 Å². The van der Waals surface area contributed by atoms with Gasteiger partial charge in [0.1, 0.15) is 4.90 Å². The van der Waals surface area contributed by atoms with E-state index in [4.69, 9.17) is 5.73 Å². The molecule has 3 N–H and O–H groups in total. The smallest absolute Gasteiger partial charge is 0.243 e. The van der Waals surface area contributed by atoms with Crippen LogP contribution in [0.4, 0.5) is 5.69 Å². The number of anilines is 1. The van der Waals surface area contributed by atoms with E-state index in [1.54, 1.807) is 12.3 Å². The van der Waals surface area contributed by atoms with E-state index in [0.29, 0.717) is 15.5 Å². The Bertz CT molecular complexity index is 679. The van der Waals surface area contributed by atoms with Crippen molar-refractivity contribution in [3.63, 3.8) is 0 Å². The zero-order valence-corrected chi connectivity index (χ0v) is 14.1. The molecule has 1 aromatic heterocycles. The number of aromatic nitrogens is 3. The zero-order chi connectivity index (χ0) is 14.8. The molecule has 0 aliphatic rings. The molecule has 0 spiro atoms. The van der Waals surface area contributed by atoms with Crippen LogP contribution in [-0.4, -0.2) is 30.0 Å². The van der Waals surface area contributed by atoms with Crippen LogP contribution in [0.2, 0.25) is 0 Å². The first-order valence-corrected chi connectivity index (χ1v) is 8.55. The van der Waals surface area contributed by atoms with Crippen LogP contribution in [0.5, 0.6) is 0 Å². The Balaban J connectivity index is 2.14. The first-order valence-electron chi connectivity index (χ1n) is 5.48. The highest BCUT2D eigenvalue weighted by atomic mass is 79.9. The molecule has 20 heavy (non-hydrogen) atoms. The molecule has 10 heteroatoms. The summed E-state index contributed by atoms with van der Waals surface area (Å²) >= 11 is 6.46. The number of hydrogen-bond donors (Lipinski definition) is 2. The van der Waals surface area contributed by atoms with Gasteiger partial charge in [-0.15, -0.1) is 5.10 Å². The standard InChI is InChI=1S/C10H11Br2N5O2S/c11-7-5-8(12)10(9(13)6-7)20(18,19)15-2-4-17-3-1-14-16-17/h1,3,5-6,15H,2,4,13H2. The van der Waals surface area contributed by atoms with Crippen molar-refractivity contribution in [1.29, 1.82) is 0 Å². The van der Waals surface area contributed by atoms with E-state index in [1.807, 2.05) is 0 Å². The molecule has 0 amide bonds. The van der Waals surface area contributed by atoms with Crippen molar-refractivity contribution >= 4 is 47.6 Å². The van der Waals surface area contributed by atoms with E-state index < -0.39 is 10.0 Å². The van der Waals surface area contributed by atoms with Crippen LogP contribution in [0.3, 0.4) is 0 Å². The van der Waals surface area contributed by atoms with Crippen LogP contribution in [0, 0.1) is 0 Å². The SMILES string of the molecule is Nc1cc(Br)cc(Br)c1S(=O)(=O)NCCn1ccnn1. The molecule has 1 heterocycles. The molecule has 0 aliphatic carbocycles. The Morgan fingerprint density at radius 3 is 2.70 bits per heavy atom. The lowest BCUT2D eigenvalue weighted by molar-refractivity contribution is 0.553. The number of hydrogen-bond acceptors (Lipinski definition) is 5. The summed E-state index contributed by atoms with van der Waals surface area (Å²) in [4.78, 5) is 0.0271. The Hall–Kier alpha value is -0.970. The molecule has 2 aromatic rings. The lowest BCUT2D eigenvalue weighted by Gasteiger charge is -2.11. The summed E-state index contributed by atoms with van der Waals surface area (Å²) in [6.07, 6.45) is 3.18. The summed E-state index contributed by atoms with van der Waals surface area (Å²) in [5.74, 6) is 0. The molecule has 0 saturated carbocycles. The first kappa shape index (κ1) is 15.4. The molecule has 1 aromatic carbocycles. The second-order valence-corrected chi connectivity index (χ2v) is 7.34. The van der Waals surface area contributed by atoms with Crippen molar-refractivity contribution < 1.29 is 8.42 Å². The minimum Gasteiger partial charge on any atom is -0.398 e. The molecule has 0 bridgehead atoms. The topological polar surface area (TPSA) is 103 Å². The number of benzene rings is 1. The predicted molar refractivity (Wildman–Crippen MR) is 81.5 cm³/mol. The highest BCUT2D eigenvalue weighted by Gasteiger charge is 2.21. The third kappa shape index (κ3) is 3.57. The van der Waals surface area contributed by atoms with Gasteiger partial charge in [0.2, 0.25) is 10.0 Å². The second kappa shape index (κ2) is 6.20. The number of sulfonamides is 1. The molecule has 0 aliphatic heterocycles. The molecule has 0 radical (unpaired) electrons. The number of nitrogens with zero attached hydrogens (tertiary/aromatic N) is 3. The van der Waals surface area contributed by atoms with Gasteiger partial charge in [0.05, 0.1) is 18.4 Å². The van der Waals surface area contributed by atoms with Crippen LogP contribution in [0.25, 0.3) is 0 Å². The second-order valence-electron chi connectivity index (χ2n) is 3.87. The van der Waals surface area contributed by atoms with E-state index >= 15 is 0 Å². The molecular weight excluding hydrogens is 414 g/mol. The number of nitrogen functional groups attached to an aromatic ring is 1. The van der Waals surface area contributed by atoms with Crippen molar-refractivity contribution in [1.82, 2.24) is 19.7 Å². The van der Waals surface area contributed by atoms with E-state index in [-0.39, 0.29) is 17.1 Å². The maximum atomic E-state index is 12.2. The maximum Gasteiger partial charge on any atom is 0.243 e. The van der Waals surface area contributed by atoms with Gasteiger partial charge in [0, 0.05) is 21.7 Å². The fourth-order valence-electron chi connectivity index (χ4n) is 1.58. The lowest BCUT2D eigenvalue weighted by Crippen LogP contribution is -2.28. The summed E-state index contributed by atoms with van der Waals surface area (Å²) in [5.41, 5.74) is 5.93. The number of halogens is 2. The molecule has 7 nitrogen and oxygen atoms in total. The van der Waals surface area contributed by atoms with Crippen LogP contribution in [-0.2, 0) is 16.6 Å². The summed E-state index contributed by atoms with van der Waals surface area (Å²) in [6, 6.07) is 3.17. The average Bonchev–Trinajstić information content (AvgIpc) is 2.79.